The van der Waals surface area contributed by atoms with E-state index in [1.54, 1.807) is 26.0 Å². The second-order valence-corrected chi connectivity index (χ2v) is 6.42. The monoisotopic (exact) mass is 390 g/mol. The van der Waals surface area contributed by atoms with Gasteiger partial charge in [-0.1, -0.05) is 35.0 Å². The van der Waals surface area contributed by atoms with Crippen molar-refractivity contribution in [1.82, 2.24) is 10.1 Å². The fourth-order valence-electron chi connectivity index (χ4n) is 2.86. The van der Waals surface area contributed by atoms with Gasteiger partial charge in [-0.15, -0.1) is 0 Å². The molecule has 2 aromatic carbocycles. The first-order chi connectivity index (χ1) is 12.9. The number of carbonyl (C=O) groups excluding carboxylic acids is 1. The van der Waals surface area contributed by atoms with Crippen LogP contribution in [0, 0.1) is 18.6 Å². The maximum Gasteiger partial charge on any atom is 0.260 e. The number of hydrogen-bond donors (Lipinski definition) is 0. The van der Waals surface area contributed by atoms with Crippen LogP contribution in [-0.4, -0.2) is 22.5 Å². The van der Waals surface area contributed by atoms with Gasteiger partial charge in [0.1, 0.15) is 28.7 Å². The van der Waals surface area contributed by atoms with Gasteiger partial charge in [-0.25, -0.2) is 8.78 Å². The Labute approximate surface area is 160 Å². The Hall–Kier alpha value is -2.73. The second-order valence-electron chi connectivity index (χ2n) is 6.01. The molecule has 1 amide bonds. The minimum atomic E-state index is -0.599. The first-order valence-corrected chi connectivity index (χ1v) is 8.74. The van der Waals surface area contributed by atoms with E-state index in [2.05, 4.69) is 5.16 Å². The van der Waals surface area contributed by atoms with Crippen molar-refractivity contribution >= 4 is 17.5 Å². The Morgan fingerprint density at radius 2 is 1.96 bits per heavy atom. The van der Waals surface area contributed by atoms with Gasteiger partial charge in [-0.3, -0.25) is 4.79 Å². The van der Waals surface area contributed by atoms with Crippen molar-refractivity contribution < 1.29 is 18.1 Å². The summed E-state index contributed by atoms with van der Waals surface area (Å²) in [5.74, 6) is -1.11. The average Bonchev–Trinajstić information content (AvgIpc) is 3.00. The average molecular weight is 391 g/mol. The van der Waals surface area contributed by atoms with Crippen LogP contribution in [0.3, 0.4) is 0 Å². The maximum absolute atomic E-state index is 14.3. The molecule has 0 bridgehead atoms. The van der Waals surface area contributed by atoms with E-state index in [1.807, 2.05) is 0 Å². The molecule has 0 fully saturated rings. The Bertz CT molecular complexity index is 968. The van der Waals surface area contributed by atoms with Crippen LogP contribution >= 0.6 is 11.6 Å². The van der Waals surface area contributed by atoms with Crippen molar-refractivity contribution in [3.8, 4) is 11.3 Å². The van der Waals surface area contributed by atoms with Crippen LogP contribution in [0.4, 0.5) is 8.78 Å². The van der Waals surface area contributed by atoms with Gasteiger partial charge in [-0.05, 0) is 43.7 Å². The molecule has 1 heterocycles. The van der Waals surface area contributed by atoms with Crippen LogP contribution in [0.1, 0.15) is 28.6 Å². The lowest BCUT2D eigenvalue weighted by Crippen LogP contribution is -2.31. The maximum atomic E-state index is 14.3. The lowest BCUT2D eigenvalue weighted by molar-refractivity contribution is 0.0751. The van der Waals surface area contributed by atoms with E-state index in [-0.39, 0.29) is 40.0 Å². The summed E-state index contributed by atoms with van der Waals surface area (Å²) in [4.78, 5) is 14.6. The van der Waals surface area contributed by atoms with E-state index in [0.29, 0.717) is 12.1 Å². The number of aromatic nitrogens is 1. The Kier molecular flexibility index (Phi) is 5.56. The molecule has 0 saturated carbocycles. The SMILES string of the molecule is CCN(Cc1cccc(F)c1)C(=O)c1c(-c2c(F)cccc2Cl)noc1C. The number of aryl methyl sites for hydroxylation is 1. The molecule has 27 heavy (non-hydrogen) atoms. The molecule has 0 aliphatic carbocycles. The van der Waals surface area contributed by atoms with Crippen LogP contribution in [0.25, 0.3) is 11.3 Å². The third-order valence-electron chi connectivity index (χ3n) is 4.21. The van der Waals surface area contributed by atoms with Crippen molar-refractivity contribution in [1.29, 1.82) is 0 Å². The molecule has 140 valence electrons. The van der Waals surface area contributed by atoms with Gasteiger partial charge in [0.05, 0.1) is 10.6 Å². The highest BCUT2D eigenvalue weighted by molar-refractivity contribution is 6.33. The zero-order valence-electron chi connectivity index (χ0n) is 14.8. The molecule has 0 atom stereocenters. The zero-order chi connectivity index (χ0) is 19.6. The molecular formula is C20H17ClF2N2O2. The van der Waals surface area contributed by atoms with E-state index in [1.165, 1.54) is 35.2 Å². The van der Waals surface area contributed by atoms with Crippen LogP contribution in [0.15, 0.2) is 47.0 Å². The summed E-state index contributed by atoms with van der Waals surface area (Å²) in [5.41, 5.74) is 0.851. The highest BCUT2D eigenvalue weighted by Crippen LogP contribution is 2.34. The summed E-state index contributed by atoms with van der Waals surface area (Å²) in [6, 6.07) is 10.2. The number of halogens is 3. The van der Waals surface area contributed by atoms with Crippen molar-refractivity contribution in [2.24, 2.45) is 0 Å². The summed E-state index contributed by atoms with van der Waals surface area (Å²) >= 11 is 6.12. The molecular weight excluding hydrogens is 374 g/mol. The predicted molar refractivity (Wildman–Crippen MR) is 98.5 cm³/mol. The predicted octanol–water partition coefficient (Wildman–Crippen LogP) is 5.24. The number of amides is 1. The van der Waals surface area contributed by atoms with Crippen LogP contribution < -0.4 is 0 Å². The summed E-state index contributed by atoms with van der Waals surface area (Å²) in [7, 11) is 0. The highest BCUT2D eigenvalue weighted by atomic mass is 35.5. The highest BCUT2D eigenvalue weighted by Gasteiger charge is 2.28. The topological polar surface area (TPSA) is 46.3 Å². The zero-order valence-corrected chi connectivity index (χ0v) is 15.6. The molecule has 0 aliphatic heterocycles. The standard InChI is InChI=1S/C20H17ClF2N2O2/c1-3-25(11-13-6-4-7-14(22)10-13)20(26)17-12(2)27-24-19(17)18-15(21)8-5-9-16(18)23/h4-10H,3,11H2,1-2H3. The van der Waals surface area contributed by atoms with Gasteiger partial charge >= 0.3 is 0 Å². The molecule has 3 rings (SSSR count). The molecule has 0 spiro atoms. The van der Waals surface area contributed by atoms with E-state index >= 15 is 0 Å². The Morgan fingerprint density at radius 3 is 2.63 bits per heavy atom. The quantitative estimate of drug-likeness (QED) is 0.598. The number of rotatable bonds is 5. The molecule has 0 radical (unpaired) electrons. The van der Waals surface area contributed by atoms with Crippen molar-refractivity contribution in [2.45, 2.75) is 20.4 Å². The van der Waals surface area contributed by atoms with E-state index in [4.69, 9.17) is 16.1 Å². The fraction of sp³-hybridized carbons (Fsp3) is 0.200. The summed E-state index contributed by atoms with van der Waals surface area (Å²) < 4.78 is 32.9. The number of nitrogens with zero attached hydrogens (tertiary/aromatic N) is 2. The van der Waals surface area contributed by atoms with Gasteiger partial charge in [0.15, 0.2) is 0 Å². The summed E-state index contributed by atoms with van der Waals surface area (Å²) in [6.07, 6.45) is 0. The minimum Gasteiger partial charge on any atom is -0.360 e. The first-order valence-electron chi connectivity index (χ1n) is 8.36. The molecule has 0 aliphatic rings. The van der Waals surface area contributed by atoms with Crippen molar-refractivity contribution in [3.63, 3.8) is 0 Å². The smallest absolute Gasteiger partial charge is 0.260 e. The number of hydrogen-bond acceptors (Lipinski definition) is 3. The van der Waals surface area contributed by atoms with Gasteiger partial charge in [0.2, 0.25) is 0 Å². The lowest BCUT2D eigenvalue weighted by Gasteiger charge is -2.21. The van der Waals surface area contributed by atoms with Gasteiger partial charge in [0, 0.05) is 13.1 Å². The van der Waals surface area contributed by atoms with E-state index in [9.17, 15) is 13.6 Å². The van der Waals surface area contributed by atoms with E-state index in [0.717, 1.165) is 0 Å². The van der Waals surface area contributed by atoms with Crippen LogP contribution in [0.5, 0.6) is 0 Å². The van der Waals surface area contributed by atoms with Crippen LogP contribution in [-0.2, 0) is 6.54 Å². The Morgan fingerprint density at radius 1 is 1.22 bits per heavy atom. The largest absolute Gasteiger partial charge is 0.360 e. The fourth-order valence-corrected chi connectivity index (χ4v) is 3.11. The first kappa shape index (κ1) is 19.0. The number of benzene rings is 2. The van der Waals surface area contributed by atoms with E-state index < -0.39 is 11.7 Å². The molecule has 7 heteroatoms. The van der Waals surface area contributed by atoms with Crippen LogP contribution in [0.2, 0.25) is 5.02 Å². The molecule has 4 nitrogen and oxygen atoms in total. The van der Waals surface area contributed by atoms with Gasteiger partial charge < -0.3 is 9.42 Å². The van der Waals surface area contributed by atoms with Crippen molar-refractivity contribution in [3.05, 3.63) is 76.0 Å². The summed E-state index contributed by atoms with van der Waals surface area (Å²) in [5, 5.41) is 3.99. The molecule has 1 aromatic heterocycles. The molecule has 0 saturated heterocycles. The lowest BCUT2D eigenvalue weighted by atomic mass is 10.0. The normalized spacial score (nSPS) is 10.9. The summed E-state index contributed by atoms with van der Waals surface area (Å²) in [6.45, 7) is 3.94. The van der Waals surface area contributed by atoms with Gasteiger partial charge in [-0.2, -0.15) is 0 Å². The Balaban J connectivity index is 2.00. The van der Waals surface area contributed by atoms with Crippen molar-refractivity contribution in [2.75, 3.05) is 6.54 Å². The molecule has 0 unspecified atom stereocenters. The third kappa shape index (κ3) is 3.85. The van der Waals surface area contributed by atoms with Gasteiger partial charge in [0.25, 0.3) is 5.91 Å². The minimum absolute atomic E-state index is 0.0150. The second kappa shape index (κ2) is 7.88. The third-order valence-corrected chi connectivity index (χ3v) is 4.52. The molecule has 3 aromatic rings. The number of carbonyl (C=O) groups is 1. The molecule has 0 N–H and O–H groups in total.